The van der Waals surface area contributed by atoms with E-state index in [0.29, 0.717) is 0 Å². The Morgan fingerprint density at radius 2 is 0.900 bits per heavy atom. The van der Waals surface area contributed by atoms with Gasteiger partial charge in [0.1, 0.15) is 0 Å². The molecule has 0 N–H and O–H groups in total. The standard InChI is InChI=1S/C18H22O2/c1-13(19-3)15-5-9-17(10-6-15)18-11-7-16(8-12-18)14(2)20-4/h5-14H,1-4H3. The smallest absolute Gasteiger partial charge is 0.0793 e. The van der Waals surface area contributed by atoms with Crippen LogP contribution in [0.25, 0.3) is 11.1 Å². The van der Waals surface area contributed by atoms with Crippen molar-refractivity contribution >= 4 is 0 Å². The van der Waals surface area contributed by atoms with Gasteiger partial charge in [-0.2, -0.15) is 0 Å². The lowest BCUT2D eigenvalue weighted by Gasteiger charge is -2.12. The molecule has 0 aliphatic carbocycles. The molecule has 0 aromatic heterocycles. The zero-order chi connectivity index (χ0) is 14.5. The topological polar surface area (TPSA) is 18.5 Å². The molecule has 0 heterocycles. The highest BCUT2D eigenvalue weighted by Crippen LogP contribution is 2.25. The number of hydrogen-bond donors (Lipinski definition) is 0. The van der Waals surface area contributed by atoms with Gasteiger partial charge in [0.15, 0.2) is 0 Å². The van der Waals surface area contributed by atoms with Crippen molar-refractivity contribution in [3.8, 4) is 11.1 Å². The molecular formula is C18H22O2. The van der Waals surface area contributed by atoms with Crippen molar-refractivity contribution in [2.75, 3.05) is 14.2 Å². The van der Waals surface area contributed by atoms with E-state index >= 15 is 0 Å². The van der Waals surface area contributed by atoms with E-state index in [4.69, 9.17) is 9.47 Å². The number of methoxy groups -OCH3 is 2. The van der Waals surface area contributed by atoms with Gasteiger partial charge in [-0.05, 0) is 36.1 Å². The van der Waals surface area contributed by atoms with Crippen LogP contribution in [0.3, 0.4) is 0 Å². The minimum Gasteiger partial charge on any atom is -0.377 e. The zero-order valence-corrected chi connectivity index (χ0v) is 12.6. The van der Waals surface area contributed by atoms with Crippen LogP contribution < -0.4 is 0 Å². The largest absolute Gasteiger partial charge is 0.377 e. The molecule has 2 aromatic rings. The minimum absolute atomic E-state index is 0.133. The molecular weight excluding hydrogens is 248 g/mol. The molecule has 0 saturated carbocycles. The van der Waals surface area contributed by atoms with Crippen LogP contribution in [0, 0.1) is 0 Å². The van der Waals surface area contributed by atoms with Crippen molar-refractivity contribution < 1.29 is 9.47 Å². The lowest BCUT2D eigenvalue weighted by atomic mass is 10.00. The van der Waals surface area contributed by atoms with Gasteiger partial charge in [0.25, 0.3) is 0 Å². The number of benzene rings is 2. The van der Waals surface area contributed by atoms with Crippen molar-refractivity contribution in [1.82, 2.24) is 0 Å². The van der Waals surface area contributed by atoms with Crippen LogP contribution in [-0.4, -0.2) is 14.2 Å². The van der Waals surface area contributed by atoms with Crippen LogP contribution in [0.4, 0.5) is 0 Å². The average Bonchev–Trinajstić information content (AvgIpc) is 2.53. The van der Waals surface area contributed by atoms with Gasteiger partial charge in [-0.1, -0.05) is 48.5 Å². The molecule has 0 spiro atoms. The summed E-state index contributed by atoms with van der Waals surface area (Å²) in [6, 6.07) is 17.0. The van der Waals surface area contributed by atoms with E-state index in [1.165, 1.54) is 22.3 Å². The Bertz CT molecular complexity index is 477. The zero-order valence-electron chi connectivity index (χ0n) is 12.6. The molecule has 2 unspecified atom stereocenters. The molecule has 0 aliphatic rings. The number of rotatable bonds is 5. The summed E-state index contributed by atoms with van der Waals surface area (Å²) in [5, 5.41) is 0. The Kier molecular flexibility index (Phi) is 4.94. The third kappa shape index (κ3) is 3.27. The van der Waals surface area contributed by atoms with Crippen molar-refractivity contribution in [1.29, 1.82) is 0 Å². The first-order valence-corrected chi connectivity index (χ1v) is 6.91. The molecule has 2 atom stereocenters. The SMILES string of the molecule is COC(C)c1ccc(-c2ccc(C(C)OC)cc2)cc1. The molecule has 0 saturated heterocycles. The first-order chi connectivity index (χ1) is 9.65. The van der Waals surface area contributed by atoms with Gasteiger partial charge in [0, 0.05) is 14.2 Å². The first kappa shape index (κ1) is 14.8. The van der Waals surface area contributed by atoms with E-state index in [0.717, 1.165) is 0 Å². The summed E-state index contributed by atoms with van der Waals surface area (Å²) in [6.45, 7) is 4.10. The van der Waals surface area contributed by atoms with Crippen LogP contribution in [0.5, 0.6) is 0 Å². The van der Waals surface area contributed by atoms with Crippen molar-refractivity contribution in [2.24, 2.45) is 0 Å². The second-order valence-corrected chi connectivity index (χ2v) is 5.00. The lowest BCUT2D eigenvalue weighted by molar-refractivity contribution is 0.119. The van der Waals surface area contributed by atoms with Crippen molar-refractivity contribution in [3.63, 3.8) is 0 Å². The average molecular weight is 270 g/mol. The van der Waals surface area contributed by atoms with Gasteiger partial charge in [0.2, 0.25) is 0 Å². The monoisotopic (exact) mass is 270 g/mol. The number of hydrogen-bond acceptors (Lipinski definition) is 2. The van der Waals surface area contributed by atoms with Gasteiger partial charge in [-0.15, -0.1) is 0 Å². The summed E-state index contributed by atoms with van der Waals surface area (Å²) < 4.78 is 10.6. The molecule has 2 heteroatoms. The quantitative estimate of drug-likeness (QED) is 0.779. The molecule has 2 aromatic carbocycles. The fraction of sp³-hybridized carbons (Fsp3) is 0.333. The summed E-state index contributed by atoms with van der Waals surface area (Å²) in [7, 11) is 3.46. The molecule has 2 nitrogen and oxygen atoms in total. The Hall–Kier alpha value is -1.64. The summed E-state index contributed by atoms with van der Waals surface area (Å²) in [5.74, 6) is 0. The Morgan fingerprint density at radius 1 is 0.600 bits per heavy atom. The normalized spacial score (nSPS) is 14.0. The minimum atomic E-state index is 0.133. The van der Waals surface area contributed by atoms with Crippen LogP contribution in [-0.2, 0) is 9.47 Å². The maximum atomic E-state index is 5.32. The van der Waals surface area contributed by atoms with E-state index in [1.807, 2.05) is 0 Å². The molecule has 0 fully saturated rings. The van der Waals surface area contributed by atoms with Crippen LogP contribution >= 0.6 is 0 Å². The van der Waals surface area contributed by atoms with Crippen molar-refractivity contribution in [3.05, 3.63) is 59.7 Å². The van der Waals surface area contributed by atoms with Gasteiger partial charge in [-0.3, -0.25) is 0 Å². The second kappa shape index (κ2) is 6.69. The summed E-state index contributed by atoms with van der Waals surface area (Å²) in [6.07, 6.45) is 0.267. The maximum Gasteiger partial charge on any atom is 0.0793 e. The fourth-order valence-corrected chi connectivity index (χ4v) is 2.17. The summed E-state index contributed by atoms with van der Waals surface area (Å²) in [4.78, 5) is 0. The highest BCUT2D eigenvalue weighted by atomic mass is 16.5. The summed E-state index contributed by atoms with van der Waals surface area (Å²) >= 11 is 0. The van der Waals surface area contributed by atoms with Crippen LogP contribution in [0.1, 0.15) is 37.2 Å². The molecule has 0 radical (unpaired) electrons. The van der Waals surface area contributed by atoms with Gasteiger partial charge in [0.05, 0.1) is 12.2 Å². The van der Waals surface area contributed by atoms with E-state index in [1.54, 1.807) is 14.2 Å². The molecule has 0 aliphatic heterocycles. The van der Waals surface area contributed by atoms with Crippen LogP contribution in [0.2, 0.25) is 0 Å². The second-order valence-electron chi connectivity index (χ2n) is 5.00. The Balaban J connectivity index is 2.19. The Labute approximate surface area is 121 Å². The van der Waals surface area contributed by atoms with Gasteiger partial charge < -0.3 is 9.47 Å². The van der Waals surface area contributed by atoms with Crippen LogP contribution in [0.15, 0.2) is 48.5 Å². The predicted octanol–water partition coefficient (Wildman–Crippen LogP) is 4.77. The third-order valence-electron chi connectivity index (χ3n) is 3.80. The number of ether oxygens (including phenoxy) is 2. The fourth-order valence-electron chi connectivity index (χ4n) is 2.17. The van der Waals surface area contributed by atoms with E-state index in [2.05, 4.69) is 62.4 Å². The third-order valence-corrected chi connectivity index (χ3v) is 3.80. The molecule has 106 valence electrons. The molecule has 20 heavy (non-hydrogen) atoms. The van der Waals surface area contributed by atoms with E-state index < -0.39 is 0 Å². The van der Waals surface area contributed by atoms with Crippen molar-refractivity contribution in [2.45, 2.75) is 26.1 Å². The molecule has 2 rings (SSSR count). The Morgan fingerprint density at radius 3 is 1.15 bits per heavy atom. The lowest BCUT2D eigenvalue weighted by Crippen LogP contribution is -1.96. The summed E-state index contributed by atoms with van der Waals surface area (Å²) in [5.41, 5.74) is 4.82. The predicted molar refractivity (Wildman–Crippen MR) is 82.7 cm³/mol. The van der Waals surface area contributed by atoms with E-state index in [9.17, 15) is 0 Å². The molecule has 0 bridgehead atoms. The van der Waals surface area contributed by atoms with Gasteiger partial charge in [-0.25, -0.2) is 0 Å². The first-order valence-electron chi connectivity index (χ1n) is 6.91. The van der Waals surface area contributed by atoms with Gasteiger partial charge >= 0.3 is 0 Å². The highest BCUT2D eigenvalue weighted by molar-refractivity contribution is 5.64. The van der Waals surface area contributed by atoms with E-state index in [-0.39, 0.29) is 12.2 Å². The maximum absolute atomic E-state index is 5.32. The molecule has 0 amide bonds. The highest BCUT2D eigenvalue weighted by Gasteiger charge is 2.06.